The molecule has 1 heterocycles. The van der Waals surface area contributed by atoms with E-state index in [0.717, 1.165) is 22.1 Å². The zero-order valence-corrected chi connectivity index (χ0v) is 11.9. The number of aliphatic hydroxyl groups excluding tert-OH is 1. The van der Waals surface area contributed by atoms with E-state index in [2.05, 4.69) is 0 Å². The average Bonchev–Trinajstić information content (AvgIpc) is 2.87. The van der Waals surface area contributed by atoms with E-state index >= 15 is 0 Å². The molecule has 0 aliphatic rings. The molecule has 3 heteroatoms. The van der Waals surface area contributed by atoms with Crippen molar-refractivity contribution in [3.63, 3.8) is 0 Å². The average molecular weight is 287 g/mol. The van der Waals surface area contributed by atoms with E-state index < -0.39 is 6.10 Å². The van der Waals surface area contributed by atoms with Crippen LogP contribution in [0.2, 0.25) is 5.02 Å². The van der Waals surface area contributed by atoms with Gasteiger partial charge in [-0.15, -0.1) is 0 Å². The Balaban J connectivity index is 1.91. The summed E-state index contributed by atoms with van der Waals surface area (Å²) < 4.78 is 5.78. The summed E-state index contributed by atoms with van der Waals surface area (Å²) in [6.45, 7) is 2.00. The van der Waals surface area contributed by atoms with Gasteiger partial charge in [0.25, 0.3) is 0 Å². The number of furan rings is 1. The fourth-order valence-electron chi connectivity index (χ4n) is 2.37. The lowest BCUT2D eigenvalue weighted by molar-refractivity contribution is 0.152. The van der Waals surface area contributed by atoms with Gasteiger partial charge in [0.05, 0.1) is 0 Å². The maximum absolute atomic E-state index is 10.3. The number of aryl methyl sites for hydroxylation is 1. The van der Waals surface area contributed by atoms with E-state index in [1.807, 2.05) is 55.5 Å². The number of hydrogen-bond donors (Lipinski definition) is 1. The molecule has 3 rings (SSSR count). The molecule has 0 saturated heterocycles. The normalized spacial score (nSPS) is 12.8. The van der Waals surface area contributed by atoms with Crippen LogP contribution in [0.15, 0.2) is 52.9 Å². The first kappa shape index (κ1) is 13.2. The van der Waals surface area contributed by atoms with Gasteiger partial charge >= 0.3 is 0 Å². The van der Waals surface area contributed by atoms with Gasteiger partial charge in [0.1, 0.15) is 17.4 Å². The number of aliphatic hydroxyl groups is 1. The van der Waals surface area contributed by atoms with Crippen LogP contribution in [0, 0.1) is 6.92 Å². The highest BCUT2D eigenvalue weighted by Crippen LogP contribution is 2.29. The van der Waals surface area contributed by atoms with Gasteiger partial charge < -0.3 is 9.52 Å². The molecule has 0 amide bonds. The standard InChI is InChI=1S/C17H15ClO2/c1-11-5-4-7-13-10-16(20-17(11)13)15(19)9-12-6-2-3-8-14(12)18/h2-8,10,15,19H,9H2,1H3. The van der Waals surface area contributed by atoms with Gasteiger partial charge in [-0.1, -0.05) is 48.0 Å². The minimum atomic E-state index is -0.693. The SMILES string of the molecule is Cc1cccc2cc(C(O)Cc3ccccc3Cl)oc12. The van der Waals surface area contributed by atoms with Gasteiger partial charge in [-0.25, -0.2) is 0 Å². The second kappa shape index (κ2) is 5.31. The van der Waals surface area contributed by atoms with Gasteiger partial charge in [-0.2, -0.15) is 0 Å². The zero-order valence-electron chi connectivity index (χ0n) is 11.1. The molecule has 20 heavy (non-hydrogen) atoms. The van der Waals surface area contributed by atoms with E-state index in [4.69, 9.17) is 16.0 Å². The molecule has 0 radical (unpaired) electrons. The Bertz CT molecular complexity index is 746. The van der Waals surface area contributed by atoms with E-state index in [0.29, 0.717) is 17.2 Å². The lowest BCUT2D eigenvalue weighted by atomic mass is 10.1. The molecule has 1 unspecified atom stereocenters. The molecule has 2 nitrogen and oxygen atoms in total. The quantitative estimate of drug-likeness (QED) is 0.759. The highest BCUT2D eigenvalue weighted by Gasteiger charge is 2.16. The number of hydrogen-bond acceptors (Lipinski definition) is 2. The summed E-state index contributed by atoms with van der Waals surface area (Å²) in [6.07, 6.45) is -0.250. The van der Waals surface area contributed by atoms with E-state index in [1.165, 1.54) is 0 Å². The predicted octanol–water partition coefficient (Wildman–Crippen LogP) is 4.67. The zero-order chi connectivity index (χ0) is 14.1. The van der Waals surface area contributed by atoms with Crippen molar-refractivity contribution in [3.05, 3.63) is 70.4 Å². The van der Waals surface area contributed by atoms with Crippen LogP contribution in [0.1, 0.15) is 23.0 Å². The molecule has 1 atom stereocenters. The Kier molecular flexibility index (Phi) is 3.51. The highest BCUT2D eigenvalue weighted by atomic mass is 35.5. The minimum absolute atomic E-state index is 0.443. The summed E-state index contributed by atoms with van der Waals surface area (Å²) in [5.74, 6) is 0.578. The molecule has 0 aliphatic heterocycles. The molecule has 0 saturated carbocycles. The number of para-hydroxylation sites is 1. The molecule has 3 aromatic rings. The number of fused-ring (bicyclic) bond motifs is 1. The molecule has 2 aromatic carbocycles. The third-order valence-electron chi connectivity index (χ3n) is 3.46. The van der Waals surface area contributed by atoms with Crippen molar-refractivity contribution in [1.82, 2.24) is 0 Å². The highest BCUT2D eigenvalue weighted by molar-refractivity contribution is 6.31. The van der Waals surface area contributed by atoms with Crippen LogP contribution in [0.3, 0.4) is 0 Å². The van der Waals surface area contributed by atoms with Crippen LogP contribution in [0.25, 0.3) is 11.0 Å². The number of benzene rings is 2. The number of rotatable bonds is 3. The van der Waals surface area contributed by atoms with E-state index in [9.17, 15) is 5.11 Å². The van der Waals surface area contributed by atoms with Crippen molar-refractivity contribution >= 4 is 22.6 Å². The summed E-state index contributed by atoms with van der Waals surface area (Å²) in [4.78, 5) is 0. The van der Waals surface area contributed by atoms with Gasteiger partial charge in [-0.3, -0.25) is 0 Å². The third-order valence-corrected chi connectivity index (χ3v) is 3.83. The van der Waals surface area contributed by atoms with Gasteiger partial charge in [0, 0.05) is 16.8 Å². The minimum Gasteiger partial charge on any atom is -0.458 e. The molecule has 1 aromatic heterocycles. The summed E-state index contributed by atoms with van der Waals surface area (Å²) in [5.41, 5.74) is 2.82. The van der Waals surface area contributed by atoms with Crippen LogP contribution in [-0.2, 0) is 6.42 Å². The summed E-state index contributed by atoms with van der Waals surface area (Å²) in [5, 5.41) is 12.0. The Morgan fingerprint density at radius 1 is 1.15 bits per heavy atom. The topological polar surface area (TPSA) is 33.4 Å². The first-order chi connectivity index (χ1) is 9.65. The Hall–Kier alpha value is -1.77. The molecule has 0 fully saturated rings. The Morgan fingerprint density at radius 3 is 2.70 bits per heavy atom. The monoisotopic (exact) mass is 286 g/mol. The first-order valence-corrected chi connectivity index (χ1v) is 6.93. The molecule has 102 valence electrons. The van der Waals surface area contributed by atoms with Crippen LogP contribution in [0.5, 0.6) is 0 Å². The van der Waals surface area contributed by atoms with E-state index in [-0.39, 0.29) is 0 Å². The summed E-state index contributed by atoms with van der Waals surface area (Å²) in [6, 6.07) is 15.4. The van der Waals surface area contributed by atoms with Crippen LogP contribution >= 0.6 is 11.6 Å². The fraction of sp³-hybridized carbons (Fsp3) is 0.176. The fourth-order valence-corrected chi connectivity index (χ4v) is 2.58. The third kappa shape index (κ3) is 2.45. The maximum atomic E-state index is 10.3. The van der Waals surface area contributed by atoms with Crippen molar-refractivity contribution < 1.29 is 9.52 Å². The lowest BCUT2D eigenvalue weighted by Gasteiger charge is -2.09. The summed E-state index contributed by atoms with van der Waals surface area (Å²) >= 11 is 6.12. The largest absolute Gasteiger partial charge is 0.458 e. The molecular formula is C17H15ClO2. The van der Waals surface area contributed by atoms with E-state index in [1.54, 1.807) is 0 Å². The van der Waals surface area contributed by atoms with Crippen LogP contribution in [-0.4, -0.2) is 5.11 Å². The van der Waals surface area contributed by atoms with Crippen molar-refractivity contribution in [3.8, 4) is 0 Å². The second-order valence-electron chi connectivity index (χ2n) is 4.95. The lowest BCUT2D eigenvalue weighted by Crippen LogP contribution is -2.00. The molecule has 0 bridgehead atoms. The van der Waals surface area contributed by atoms with Crippen molar-refractivity contribution in [1.29, 1.82) is 0 Å². The molecule has 0 aliphatic carbocycles. The van der Waals surface area contributed by atoms with Crippen LogP contribution < -0.4 is 0 Å². The molecule has 1 N–H and O–H groups in total. The Morgan fingerprint density at radius 2 is 1.95 bits per heavy atom. The van der Waals surface area contributed by atoms with Crippen LogP contribution in [0.4, 0.5) is 0 Å². The van der Waals surface area contributed by atoms with Crippen molar-refractivity contribution in [2.45, 2.75) is 19.4 Å². The first-order valence-electron chi connectivity index (χ1n) is 6.55. The molecule has 0 spiro atoms. The van der Waals surface area contributed by atoms with Crippen molar-refractivity contribution in [2.24, 2.45) is 0 Å². The number of halogens is 1. The predicted molar refractivity (Wildman–Crippen MR) is 81.1 cm³/mol. The van der Waals surface area contributed by atoms with Gasteiger partial charge in [-0.05, 0) is 30.2 Å². The maximum Gasteiger partial charge on any atom is 0.137 e. The molecular weight excluding hydrogens is 272 g/mol. The Labute approximate surface area is 122 Å². The van der Waals surface area contributed by atoms with Gasteiger partial charge in [0.15, 0.2) is 0 Å². The van der Waals surface area contributed by atoms with Crippen molar-refractivity contribution in [2.75, 3.05) is 0 Å². The smallest absolute Gasteiger partial charge is 0.137 e. The second-order valence-corrected chi connectivity index (χ2v) is 5.36. The summed E-state index contributed by atoms with van der Waals surface area (Å²) in [7, 11) is 0. The van der Waals surface area contributed by atoms with Gasteiger partial charge in [0.2, 0.25) is 0 Å².